The molecule has 1 aromatic heterocycles. The van der Waals surface area contributed by atoms with Gasteiger partial charge in [-0.3, -0.25) is 0 Å². The highest BCUT2D eigenvalue weighted by Gasteiger charge is 2.18. The highest BCUT2D eigenvalue weighted by Crippen LogP contribution is 2.24. The van der Waals surface area contributed by atoms with E-state index in [9.17, 15) is 0 Å². The molecule has 2 saturated heterocycles. The van der Waals surface area contributed by atoms with E-state index in [0.29, 0.717) is 6.54 Å². The van der Waals surface area contributed by atoms with Crippen LogP contribution < -0.4 is 20.4 Å². The molecule has 2 aromatic rings. The van der Waals surface area contributed by atoms with Gasteiger partial charge in [0.2, 0.25) is 0 Å². The zero-order chi connectivity index (χ0) is 23.0. The second-order valence-corrected chi connectivity index (χ2v) is 9.13. The summed E-state index contributed by atoms with van der Waals surface area (Å²) in [5.41, 5.74) is 3.78. The number of anilines is 2. The Morgan fingerprint density at radius 1 is 1.03 bits per heavy atom. The number of hydrogen-bond donors (Lipinski definition) is 2. The smallest absolute Gasteiger partial charge is 0.192 e. The number of guanidine groups is 1. The highest BCUT2D eigenvalue weighted by molar-refractivity contribution is 14.0. The van der Waals surface area contributed by atoms with Gasteiger partial charge in [0.1, 0.15) is 5.82 Å². The van der Waals surface area contributed by atoms with Crippen LogP contribution in [-0.4, -0.2) is 68.7 Å². The van der Waals surface area contributed by atoms with Crippen molar-refractivity contribution in [2.24, 2.45) is 4.99 Å². The molecule has 2 aliphatic heterocycles. The summed E-state index contributed by atoms with van der Waals surface area (Å²) in [5, 5.41) is 7.02. The molecule has 2 N–H and O–H groups in total. The molecule has 186 valence electrons. The number of likely N-dealkylation sites (N-methyl/N-ethyl adjacent to an activating group) is 1. The van der Waals surface area contributed by atoms with Gasteiger partial charge in [-0.2, -0.15) is 0 Å². The van der Waals surface area contributed by atoms with Gasteiger partial charge in [0.05, 0.1) is 12.6 Å². The number of aromatic nitrogens is 1. The molecular formula is C26H40IN7. The molecule has 1 atom stereocenters. The largest absolute Gasteiger partial charge is 0.372 e. The van der Waals surface area contributed by atoms with Crippen molar-refractivity contribution in [3.8, 4) is 0 Å². The Labute approximate surface area is 222 Å². The number of aliphatic imine (C=N–C) groups is 1. The Hall–Kier alpha value is -2.07. The molecular weight excluding hydrogens is 537 g/mol. The lowest BCUT2D eigenvalue weighted by Gasteiger charge is -2.34. The molecule has 0 aliphatic carbocycles. The van der Waals surface area contributed by atoms with E-state index in [0.717, 1.165) is 57.6 Å². The fraction of sp³-hybridized carbons (Fsp3) is 0.538. The maximum absolute atomic E-state index is 4.93. The van der Waals surface area contributed by atoms with Gasteiger partial charge < -0.3 is 25.3 Å². The van der Waals surface area contributed by atoms with Gasteiger partial charge in [0.25, 0.3) is 0 Å². The number of halogens is 1. The number of rotatable bonds is 7. The monoisotopic (exact) mass is 577 g/mol. The van der Waals surface area contributed by atoms with E-state index in [4.69, 9.17) is 9.98 Å². The molecule has 4 rings (SSSR count). The summed E-state index contributed by atoms with van der Waals surface area (Å²) in [6.45, 7) is 12.2. The van der Waals surface area contributed by atoms with Crippen molar-refractivity contribution >= 4 is 41.4 Å². The van der Waals surface area contributed by atoms with Gasteiger partial charge >= 0.3 is 0 Å². The van der Waals surface area contributed by atoms with Crippen LogP contribution >= 0.6 is 24.0 Å². The molecule has 2 fully saturated rings. The first-order chi connectivity index (χ1) is 16.1. The fourth-order valence-electron chi connectivity index (χ4n) is 4.60. The van der Waals surface area contributed by atoms with Crippen LogP contribution in [0.3, 0.4) is 0 Å². The van der Waals surface area contributed by atoms with Gasteiger partial charge in [-0.1, -0.05) is 18.2 Å². The third kappa shape index (κ3) is 6.97. The summed E-state index contributed by atoms with van der Waals surface area (Å²) in [7, 11) is 2.18. The lowest BCUT2D eigenvalue weighted by Crippen LogP contribution is -2.45. The predicted octanol–water partition coefficient (Wildman–Crippen LogP) is 3.87. The maximum Gasteiger partial charge on any atom is 0.192 e. The van der Waals surface area contributed by atoms with Crippen LogP contribution in [0.25, 0.3) is 0 Å². The van der Waals surface area contributed by atoms with E-state index in [-0.39, 0.29) is 30.0 Å². The van der Waals surface area contributed by atoms with Crippen LogP contribution in [0.1, 0.15) is 43.9 Å². The first-order valence-corrected chi connectivity index (χ1v) is 12.4. The van der Waals surface area contributed by atoms with Crippen molar-refractivity contribution in [3.63, 3.8) is 0 Å². The SMILES string of the molecule is CCNC(=NCc1cccnc1N1CCN(C)CC1)NC(C)c1cccc(N2CCCC2)c1.I. The molecule has 1 unspecified atom stereocenters. The minimum absolute atomic E-state index is 0. The molecule has 7 nitrogen and oxygen atoms in total. The van der Waals surface area contributed by atoms with Crippen molar-refractivity contribution in [1.29, 1.82) is 0 Å². The van der Waals surface area contributed by atoms with Gasteiger partial charge in [0, 0.05) is 63.3 Å². The molecule has 0 saturated carbocycles. The molecule has 8 heteroatoms. The Balaban J connectivity index is 0.00000324. The third-order valence-corrected chi connectivity index (χ3v) is 6.62. The van der Waals surface area contributed by atoms with Crippen LogP contribution in [0.5, 0.6) is 0 Å². The lowest BCUT2D eigenvalue weighted by molar-refractivity contribution is 0.312. The Bertz CT molecular complexity index is 921. The lowest BCUT2D eigenvalue weighted by atomic mass is 10.1. The van der Waals surface area contributed by atoms with Crippen LogP contribution in [-0.2, 0) is 6.54 Å². The molecule has 2 aliphatic rings. The summed E-state index contributed by atoms with van der Waals surface area (Å²) in [6.07, 6.45) is 4.47. The number of nitrogens with one attached hydrogen (secondary N) is 2. The van der Waals surface area contributed by atoms with Gasteiger partial charge in [-0.15, -0.1) is 24.0 Å². The molecule has 3 heterocycles. The normalized spacial score (nSPS) is 17.9. The second kappa shape index (κ2) is 13.1. The Morgan fingerprint density at radius 3 is 2.53 bits per heavy atom. The summed E-state index contributed by atoms with van der Waals surface area (Å²) < 4.78 is 0. The Morgan fingerprint density at radius 2 is 1.79 bits per heavy atom. The first-order valence-electron chi connectivity index (χ1n) is 12.4. The quantitative estimate of drug-likeness (QED) is 0.296. The molecule has 34 heavy (non-hydrogen) atoms. The summed E-state index contributed by atoms with van der Waals surface area (Å²) in [4.78, 5) is 16.9. The summed E-state index contributed by atoms with van der Waals surface area (Å²) in [6, 6.07) is 13.2. The number of piperazine rings is 1. The van der Waals surface area contributed by atoms with E-state index in [1.165, 1.54) is 29.7 Å². The maximum atomic E-state index is 4.93. The van der Waals surface area contributed by atoms with E-state index < -0.39 is 0 Å². The Kier molecular flexibility index (Phi) is 10.2. The number of benzene rings is 1. The van der Waals surface area contributed by atoms with Crippen molar-refractivity contribution in [2.45, 2.75) is 39.3 Å². The van der Waals surface area contributed by atoms with E-state index in [1.807, 2.05) is 12.3 Å². The summed E-state index contributed by atoms with van der Waals surface area (Å²) >= 11 is 0. The van der Waals surface area contributed by atoms with Gasteiger partial charge in [0.15, 0.2) is 5.96 Å². The third-order valence-electron chi connectivity index (χ3n) is 6.62. The minimum Gasteiger partial charge on any atom is -0.372 e. The van der Waals surface area contributed by atoms with Crippen LogP contribution in [0, 0.1) is 0 Å². The van der Waals surface area contributed by atoms with Crippen molar-refractivity contribution < 1.29 is 0 Å². The topological polar surface area (TPSA) is 59.0 Å². The highest BCUT2D eigenvalue weighted by atomic mass is 127. The van der Waals surface area contributed by atoms with E-state index in [1.54, 1.807) is 0 Å². The first kappa shape index (κ1) is 26.5. The average Bonchev–Trinajstić information content (AvgIpc) is 3.39. The van der Waals surface area contributed by atoms with Crippen LogP contribution in [0.2, 0.25) is 0 Å². The van der Waals surface area contributed by atoms with Crippen molar-refractivity contribution in [3.05, 3.63) is 53.7 Å². The van der Waals surface area contributed by atoms with Crippen LogP contribution in [0.15, 0.2) is 47.6 Å². The zero-order valence-electron chi connectivity index (χ0n) is 20.8. The number of nitrogens with zero attached hydrogens (tertiary/aromatic N) is 5. The minimum atomic E-state index is 0. The molecule has 0 spiro atoms. The zero-order valence-corrected chi connectivity index (χ0v) is 23.2. The fourth-order valence-corrected chi connectivity index (χ4v) is 4.60. The summed E-state index contributed by atoms with van der Waals surface area (Å²) in [5.74, 6) is 1.90. The van der Waals surface area contributed by atoms with Gasteiger partial charge in [-0.05, 0) is 57.5 Å². The van der Waals surface area contributed by atoms with Crippen molar-refractivity contribution in [1.82, 2.24) is 20.5 Å². The molecule has 0 radical (unpaired) electrons. The molecule has 1 aromatic carbocycles. The number of hydrogen-bond acceptors (Lipinski definition) is 5. The standard InChI is InChI=1S/C26H39N7.HI/c1-4-27-26(30-21(2)22-9-7-11-24(19-22)32-13-5-6-14-32)29-20-23-10-8-12-28-25(23)33-17-15-31(3)16-18-33;/h7-12,19,21H,4-6,13-18,20H2,1-3H3,(H2,27,29,30);1H. The van der Waals surface area contributed by atoms with Gasteiger partial charge in [-0.25, -0.2) is 9.98 Å². The van der Waals surface area contributed by atoms with E-state index in [2.05, 4.69) is 76.6 Å². The second-order valence-electron chi connectivity index (χ2n) is 9.13. The predicted molar refractivity (Wildman–Crippen MR) is 154 cm³/mol. The average molecular weight is 578 g/mol. The van der Waals surface area contributed by atoms with Crippen molar-refractivity contribution in [2.75, 3.05) is 62.7 Å². The van der Waals surface area contributed by atoms with Crippen LogP contribution in [0.4, 0.5) is 11.5 Å². The number of pyridine rings is 1. The molecule has 0 bridgehead atoms. The van der Waals surface area contributed by atoms with E-state index >= 15 is 0 Å². The molecule has 0 amide bonds.